The van der Waals surface area contributed by atoms with Gasteiger partial charge in [0, 0.05) is 31.7 Å². The van der Waals surface area contributed by atoms with Crippen LogP contribution >= 0.6 is 0 Å². The van der Waals surface area contributed by atoms with Gasteiger partial charge in [0.2, 0.25) is 0 Å². The molecule has 2 aromatic rings. The summed E-state index contributed by atoms with van der Waals surface area (Å²) in [4.78, 5) is 14.4. The molecule has 1 saturated heterocycles. The predicted molar refractivity (Wildman–Crippen MR) is 121 cm³/mol. The van der Waals surface area contributed by atoms with E-state index >= 15 is 0 Å². The van der Waals surface area contributed by atoms with Gasteiger partial charge >= 0.3 is 6.09 Å². The second kappa shape index (κ2) is 10.1. The van der Waals surface area contributed by atoms with Crippen molar-refractivity contribution in [2.24, 2.45) is 11.7 Å². The third-order valence-corrected chi connectivity index (χ3v) is 5.45. The van der Waals surface area contributed by atoms with Crippen LogP contribution in [0.2, 0.25) is 0 Å². The van der Waals surface area contributed by atoms with Crippen molar-refractivity contribution in [3.8, 4) is 0 Å². The Labute approximate surface area is 180 Å². The van der Waals surface area contributed by atoms with Crippen molar-refractivity contribution in [2.45, 2.75) is 64.4 Å². The monoisotopic (exact) mass is 409 g/mol. The molecule has 30 heavy (non-hydrogen) atoms. The van der Waals surface area contributed by atoms with E-state index < -0.39 is 5.60 Å². The molecule has 0 radical (unpaired) electrons. The van der Waals surface area contributed by atoms with Crippen molar-refractivity contribution in [1.29, 1.82) is 0 Å². The minimum absolute atomic E-state index is 0.149. The van der Waals surface area contributed by atoms with Crippen LogP contribution < -0.4 is 11.1 Å². The van der Waals surface area contributed by atoms with Gasteiger partial charge in [0.1, 0.15) is 5.60 Å². The first kappa shape index (κ1) is 22.3. The molecule has 2 fully saturated rings. The van der Waals surface area contributed by atoms with E-state index in [1.807, 2.05) is 62.1 Å². The average molecular weight is 410 g/mol. The second-order valence-corrected chi connectivity index (χ2v) is 9.15. The predicted octanol–water partition coefficient (Wildman–Crippen LogP) is 4.32. The van der Waals surface area contributed by atoms with E-state index in [-0.39, 0.29) is 12.1 Å². The number of benzene rings is 2. The lowest BCUT2D eigenvalue weighted by molar-refractivity contribution is 0.0184. The summed E-state index contributed by atoms with van der Waals surface area (Å²) in [6.07, 6.45) is 2.10. The maximum Gasteiger partial charge on any atom is 0.410 e. The summed E-state index contributed by atoms with van der Waals surface area (Å²) in [5.74, 6) is 0.691. The van der Waals surface area contributed by atoms with E-state index in [4.69, 9.17) is 10.5 Å². The van der Waals surface area contributed by atoms with Crippen molar-refractivity contribution in [2.75, 3.05) is 6.54 Å². The SMILES string of the molecule is CC(C)(C)OC(=O)N1[C@H](CNCc2ccccc2)C[C@@H]2C[C@@H]21.NCc1ccccc1. The van der Waals surface area contributed by atoms with Crippen LogP contribution in [0.4, 0.5) is 4.79 Å². The molecule has 0 bridgehead atoms. The number of piperidine rings is 1. The number of amides is 1. The number of likely N-dealkylation sites (tertiary alicyclic amines) is 1. The molecule has 2 aliphatic rings. The fourth-order valence-electron chi connectivity index (χ4n) is 3.93. The topological polar surface area (TPSA) is 67.6 Å². The quantitative estimate of drug-likeness (QED) is 0.772. The molecule has 3 atom stereocenters. The number of hydrogen-bond donors (Lipinski definition) is 2. The number of fused-ring (bicyclic) bond motifs is 1. The molecule has 1 heterocycles. The van der Waals surface area contributed by atoms with Crippen molar-refractivity contribution < 1.29 is 9.53 Å². The van der Waals surface area contributed by atoms with Gasteiger partial charge in [0.25, 0.3) is 0 Å². The van der Waals surface area contributed by atoms with Crippen LogP contribution in [0.25, 0.3) is 0 Å². The van der Waals surface area contributed by atoms with Crippen molar-refractivity contribution in [3.63, 3.8) is 0 Å². The van der Waals surface area contributed by atoms with E-state index in [0.717, 1.165) is 25.9 Å². The molecule has 4 rings (SSSR count). The zero-order chi connectivity index (χ0) is 21.6. The van der Waals surface area contributed by atoms with Crippen molar-refractivity contribution >= 4 is 6.09 Å². The number of nitrogens with zero attached hydrogens (tertiary/aromatic N) is 1. The largest absolute Gasteiger partial charge is 0.444 e. The van der Waals surface area contributed by atoms with E-state index in [1.54, 1.807) is 0 Å². The lowest BCUT2D eigenvalue weighted by Gasteiger charge is -2.30. The zero-order valence-corrected chi connectivity index (χ0v) is 18.4. The molecule has 1 aliphatic carbocycles. The van der Waals surface area contributed by atoms with Crippen LogP contribution in [0, 0.1) is 5.92 Å². The summed E-state index contributed by atoms with van der Waals surface area (Å²) in [5, 5.41) is 3.48. The smallest absolute Gasteiger partial charge is 0.410 e. The van der Waals surface area contributed by atoms with Gasteiger partial charge in [-0.3, -0.25) is 0 Å². The molecule has 162 valence electrons. The summed E-state index contributed by atoms with van der Waals surface area (Å²) in [5.41, 5.74) is 7.39. The molecule has 3 N–H and O–H groups in total. The van der Waals surface area contributed by atoms with Crippen LogP contribution in [-0.4, -0.2) is 35.2 Å². The van der Waals surface area contributed by atoms with E-state index in [1.165, 1.54) is 11.1 Å². The highest BCUT2D eigenvalue weighted by Gasteiger charge is 2.54. The van der Waals surface area contributed by atoms with Gasteiger partial charge in [0.05, 0.1) is 0 Å². The highest BCUT2D eigenvalue weighted by Crippen LogP contribution is 2.48. The summed E-state index contributed by atoms with van der Waals surface area (Å²) < 4.78 is 5.57. The Hall–Kier alpha value is -2.37. The summed E-state index contributed by atoms with van der Waals surface area (Å²) in [7, 11) is 0. The number of ether oxygens (including phenoxy) is 1. The van der Waals surface area contributed by atoms with Gasteiger partial charge in [-0.15, -0.1) is 0 Å². The molecule has 0 unspecified atom stereocenters. The third-order valence-electron chi connectivity index (χ3n) is 5.45. The Morgan fingerprint density at radius 1 is 1.03 bits per heavy atom. The highest BCUT2D eigenvalue weighted by molar-refractivity contribution is 5.70. The Balaban J connectivity index is 0.000000269. The third kappa shape index (κ3) is 6.57. The Kier molecular flexibility index (Phi) is 7.51. The summed E-state index contributed by atoms with van der Waals surface area (Å²) >= 11 is 0. The van der Waals surface area contributed by atoms with Gasteiger partial charge in [-0.2, -0.15) is 0 Å². The van der Waals surface area contributed by atoms with Crippen LogP contribution in [0.5, 0.6) is 0 Å². The molecule has 0 spiro atoms. The summed E-state index contributed by atoms with van der Waals surface area (Å²) in [6, 6.07) is 21.0. The molecule has 5 heteroatoms. The first-order valence-electron chi connectivity index (χ1n) is 10.9. The Morgan fingerprint density at radius 2 is 1.63 bits per heavy atom. The maximum absolute atomic E-state index is 12.4. The second-order valence-electron chi connectivity index (χ2n) is 9.15. The van der Waals surface area contributed by atoms with Gasteiger partial charge in [0.15, 0.2) is 0 Å². The number of nitrogens with one attached hydrogen (secondary N) is 1. The number of rotatable bonds is 5. The fraction of sp³-hybridized carbons (Fsp3) is 0.480. The summed E-state index contributed by atoms with van der Waals surface area (Å²) in [6.45, 7) is 8.09. The van der Waals surface area contributed by atoms with Crippen LogP contribution in [0.15, 0.2) is 60.7 Å². The lowest BCUT2D eigenvalue weighted by atomic mass is 10.1. The normalized spacial score (nSPS) is 22.0. The maximum atomic E-state index is 12.4. The van der Waals surface area contributed by atoms with E-state index in [9.17, 15) is 4.79 Å². The number of hydrogen-bond acceptors (Lipinski definition) is 4. The molecule has 2 aromatic carbocycles. The van der Waals surface area contributed by atoms with Crippen LogP contribution in [-0.2, 0) is 17.8 Å². The van der Waals surface area contributed by atoms with Gasteiger partial charge < -0.3 is 20.7 Å². The van der Waals surface area contributed by atoms with E-state index in [0.29, 0.717) is 18.5 Å². The van der Waals surface area contributed by atoms with E-state index in [2.05, 4.69) is 29.6 Å². The first-order chi connectivity index (χ1) is 14.4. The first-order valence-corrected chi connectivity index (χ1v) is 10.9. The number of carbonyl (C=O) groups is 1. The van der Waals surface area contributed by atoms with Crippen LogP contribution in [0.1, 0.15) is 44.7 Å². The van der Waals surface area contributed by atoms with Gasteiger partial charge in [-0.05, 0) is 50.7 Å². The minimum Gasteiger partial charge on any atom is -0.444 e. The Bertz CT molecular complexity index is 789. The molecule has 1 saturated carbocycles. The fourth-order valence-corrected chi connectivity index (χ4v) is 3.93. The molecular formula is C25H35N3O2. The molecule has 5 nitrogen and oxygen atoms in total. The zero-order valence-electron chi connectivity index (χ0n) is 18.4. The van der Waals surface area contributed by atoms with Crippen molar-refractivity contribution in [1.82, 2.24) is 10.2 Å². The number of carbonyl (C=O) groups excluding carboxylic acids is 1. The molecule has 1 aliphatic heterocycles. The average Bonchev–Trinajstić information content (AvgIpc) is 3.38. The Morgan fingerprint density at radius 3 is 2.17 bits per heavy atom. The van der Waals surface area contributed by atoms with Crippen molar-refractivity contribution in [3.05, 3.63) is 71.8 Å². The number of nitrogens with two attached hydrogens (primary N) is 1. The minimum atomic E-state index is -0.425. The molecular weight excluding hydrogens is 374 g/mol. The standard InChI is InChI=1S/C18H26N2O2.C7H9N/c1-18(2,3)22-17(21)20-15(9-14-10-16(14)20)12-19-11-13-7-5-4-6-8-13;8-6-7-4-2-1-3-5-7/h4-8,14-16,19H,9-12H2,1-3H3;1-5H,6,8H2/t14-,15+,16+;/m1./s1. The van der Waals surface area contributed by atoms with Crippen LogP contribution in [0.3, 0.4) is 0 Å². The molecule has 0 aromatic heterocycles. The molecule has 1 amide bonds. The highest BCUT2D eigenvalue weighted by atomic mass is 16.6. The van der Waals surface area contributed by atoms with Gasteiger partial charge in [-0.1, -0.05) is 60.7 Å². The van der Waals surface area contributed by atoms with Gasteiger partial charge in [-0.25, -0.2) is 4.79 Å². The lowest BCUT2D eigenvalue weighted by Crippen LogP contribution is -2.46.